The van der Waals surface area contributed by atoms with E-state index in [1.165, 1.54) is 11.1 Å². The topological polar surface area (TPSA) is 29.1 Å². The second kappa shape index (κ2) is 11.2. The molecule has 0 saturated carbocycles. The molecule has 3 aromatic carbocycles. The lowest BCUT2D eigenvalue weighted by Crippen LogP contribution is -2.26. The van der Waals surface area contributed by atoms with E-state index in [-0.39, 0.29) is 5.91 Å². The monoisotopic (exact) mass is 427 g/mol. The third kappa shape index (κ3) is 6.62. The molecule has 28 heavy (non-hydrogen) atoms. The van der Waals surface area contributed by atoms with Crippen molar-refractivity contribution in [3.63, 3.8) is 0 Å². The molecule has 0 heterocycles. The second-order valence-electron chi connectivity index (χ2n) is 6.21. The van der Waals surface area contributed by atoms with Crippen molar-refractivity contribution in [1.82, 2.24) is 5.32 Å². The average Bonchev–Trinajstić information content (AvgIpc) is 2.73. The lowest BCUT2D eigenvalue weighted by molar-refractivity contribution is 0.0953. The molecule has 0 aliphatic carbocycles. The SMILES string of the molecule is O=C(NCCSCc1cccc(Cl)c1)c1ccccc1SCc1ccccc1. The van der Waals surface area contributed by atoms with Gasteiger partial charge in [0.05, 0.1) is 5.56 Å². The summed E-state index contributed by atoms with van der Waals surface area (Å²) in [6, 6.07) is 26.0. The Morgan fingerprint density at radius 2 is 1.61 bits per heavy atom. The molecule has 1 amide bonds. The molecule has 0 aliphatic rings. The van der Waals surface area contributed by atoms with E-state index in [0.29, 0.717) is 6.54 Å². The van der Waals surface area contributed by atoms with Gasteiger partial charge in [-0.25, -0.2) is 0 Å². The molecule has 0 saturated heterocycles. The zero-order valence-corrected chi connectivity index (χ0v) is 17.8. The standard InChI is InChI=1S/C23H22ClNOS2/c24-20-10-6-9-19(15-20)16-27-14-13-25-23(26)21-11-4-5-12-22(21)28-17-18-7-2-1-3-8-18/h1-12,15H,13-14,16-17H2,(H,25,26). The van der Waals surface area contributed by atoms with Crippen molar-refractivity contribution in [2.45, 2.75) is 16.4 Å². The molecule has 0 aromatic heterocycles. The van der Waals surface area contributed by atoms with Gasteiger partial charge < -0.3 is 5.32 Å². The van der Waals surface area contributed by atoms with Crippen LogP contribution in [0, 0.1) is 0 Å². The molecule has 0 unspecified atom stereocenters. The lowest BCUT2D eigenvalue weighted by atomic mass is 10.2. The predicted molar refractivity (Wildman–Crippen MR) is 122 cm³/mol. The Balaban J connectivity index is 1.46. The van der Waals surface area contributed by atoms with Crippen LogP contribution in [0.1, 0.15) is 21.5 Å². The molecule has 1 N–H and O–H groups in total. The maximum atomic E-state index is 12.6. The number of carbonyl (C=O) groups is 1. The van der Waals surface area contributed by atoms with Gasteiger partial charge in [-0.2, -0.15) is 11.8 Å². The average molecular weight is 428 g/mol. The summed E-state index contributed by atoms with van der Waals surface area (Å²) in [6.07, 6.45) is 0. The largest absolute Gasteiger partial charge is 0.351 e. The summed E-state index contributed by atoms with van der Waals surface area (Å²) in [4.78, 5) is 13.6. The second-order valence-corrected chi connectivity index (χ2v) is 8.77. The van der Waals surface area contributed by atoms with Gasteiger partial charge in [-0.15, -0.1) is 11.8 Å². The number of rotatable bonds is 9. The van der Waals surface area contributed by atoms with Crippen molar-refractivity contribution in [3.05, 3.63) is 101 Å². The van der Waals surface area contributed by atoms with Crippen molar-refractivity contribution >= 4 is 41.0 Å². The van der Waals surface area contributed by atoms with Gasteiger partial charge in [0, 0.05) is 33.7 Å². The van der Waals surface area contributed by atoms with Crippen molar-refractivity contribution < 1.29 is 4.79 Å². The number of carbonyl (C=O) groups excluding carboxylic acids is 1. The molecule has 0 bridgehead atoms. The van der Waals surface area contributed by atoms with Crippen LogP contribution in [0.15, 0.2) is 83.8 Å². The summed E-state index contributed by atoms with van der Waals surface area (Å²) >= 11 is 9.48. The Morgan fingerprint density at radius 3 is 2.43 bits per heavy atom. The first-order valence-electron chi connectivity index (χ1n) is 9.08. The number of benzene rings is 3. The maximum Gasteiger partial charge on any atom is 0.252 e. The molecule has 2 nitrogen and oxygen atoms in total. The van der Waals surface area contributed by atoms with E-state index in [1.807, 2.05) is 60.7 Å². The Bertz CT molecular complexity index is 902. The smallest absolute Gasteiger partial charge is 0.252 e. The Labute approximate surface area is 180 Å². The third-order valence-electron chi connectivity index (χ3n) is 4.06. The zero-order valence-electron chi connectivity index (χ0n) is 15.4. The highest BCUT2D eigenvalue weighted by atomic mass is 35.5. The first-order chi connectivity index (χ1) is 13.7. The van der Waals surface area contributed by atoms with Crippen LogP contribution in [0.25, 0.3) is 0 Å². The van der Waals surface area contributed by atoms with Crippen molar-refractivity contribution in [3.8, 4) is 0 Å². The van der Waals surface area contributed by atoms with Crippen molar-refractivity contribution in [1.29, 1.82) is 0 Å². The molecule has 3 rings (SSSR count). The van der Waals surface area contributed by atoms with E-state index in [2.05, 4.69) is 23.5 Å². The van der Waals surface area contributed by atoms with Gasteiger partial charge in [-0.3, -0.25) is 4.79 Å². The number of halogens is 1. The predicted octanol–water partition coefficient (Wildman–Crippen LogP) is 6.30. The molecule has 0 radical (unpaired) electrons. The van der Waals surface area contributed by atoms with E-state index in [1.54, 1.807) is 23.5 Å². The highest BCUT2D eigenvalue weighted by Gasteiger charge is 2.11. The first kappa shape index (κ1) is 20.8. The van der Waals surface area contributed by atoms with Gasteiger partial charge in [0.15, 0.2) is 0 Å². The molecule has 0 spiro atoms. The highest BCUT2D eigenvalue weighted by molar-refractivity contribution is 7.98. The van der Waals surface area contributed by atoms with Gasteiger partial charge in [-0.05, 0) is 35.4 Å². The van der Waals surface area contributed by atoms with E-state index < -0.39 is 0 Å². The Kier molecular flexibility index (Phi) is 8.34. The van der Waals surface area contributed by atoms with Gasteiger partial charge in [0.2, 0.25) is 0 Å². The molecule has 144 valence electrons. The van der Waals surface area contributed by atoms with Crippen LogP contribution in [0.2, 0.25) is 5.02 Å². The van der Waals surface area contributed by atoms with Crippen LogP contribution < -0.4 is 5.32 Å². The number of thioether (sulfide) groups is 2. The quantitative estimate of drug-likeness (QED) is 0.321. The van der Waals surface area contributed by atoms with Crippen LogP contribution in [0.5, 0.6) is 0 Å². The fourth-order valence-corrected chi connectivity index (χ4v) is 4.69. The van der Waals surface area contributed by atoms with Crippen molar-refractivity contribution in [2.75, 3.05) is 12.3 Å². The van der Waals surface area contributed by atoms with Gasteiger partial charge in [0.1, 0.15) is 0 Å². The molecular weight excluding hydrogens is 406 g/mol. The van der Waals surface area contributed by atoms with Crippen LogP contribution in [-0.4, -0.2) is 18.2 Å². The lowest BCUT2D eigenvalue weighted by Gasteiger charge is -2.10. The number of hydrogen-bond acceptors (Lipinski definition) is 3. The fourth-order valence-electron chi connectivity index (χ4n) is 2.66. The number of nitrogens with one attached hydrogen (secondary N) is 1. The molecule has 3 aromatic rings. The Morgan fingerprint density at radius 1 is 0.857 bits per heavy atom. The molecule has 0 fully saturated rings. The van der Waals surface area contributed by atoms with Crippen LogP contribution in [-0.2, 0) is 11.5 Å². The maximum absolute atomic E-state index is 12.6. The summed E-state index contributed by atoms with van der Waals surface area (Å²) in [6.45, 7) is 0.641. The molecular formula is C23H22ClNOS2. The minimum Gasteiger partial charge on any atom is -0.351 e. The minimum atomic E-state index is -0.0143. The number of amides is 1. The number of hydrogen-bond donors (Lipinski definition) is 1. The normalized spacial score (nSPS) is 10.6. The fraction of sp³-hybridized carbons (Fsp3) is 0.174. The van der Waals surface area contributed by atoms with E-state index in [4.69, 9.17) is 11.6 Å². The summed E-state index contributed by atoms with van der Waals surface area (Å²) in [7, 11) is 0. The van der Waals surface area contributed by atoms with Gasteiger partial charge in [-0.1, -0.05) is 66.2 Å². The first-order valence-corrected chi connectivity index (χ1v) is 11.6. The van der Waals surface area contributed by atoms with Crippen LogP contribution >= 0.6 is 35.1 Å². The van der Waals surface area contributed by atoms with Crippen LogP contribution in [0.3, 0.4) is 0 Å². The highest BCUT2D eigenvalue weighted by Crippen LogP contribution is 2.26. The zero-order chi connectivity index (χ0) is 19.6. The summed E-state index contributed by atoms with van der Waals surface area (Å²) < 4.78 is 0. The van der Waals surface area contributed by atoms with Gasteiger partial charge in [0.25, 0.3) is 5.91 Å². The minimum absolute atomic E-state index is 0.0143. The van der Waals surface area contributed by atoms with E-state index >= 15 is 0 Å². The third-order valence-corrected chi connectivity index (χ3v) is 6.47. The van der Waals surface area contributed by atoms with E-state index in [9.17, 15) is 4.79 Å². The summed E-state index contributed by atoms with van der Waals surface area (Å²) in [5.41, 5.74) is 3.19. The Hall–Kier alpha value is -1.88. The van der Waals surface area contributed by atoms with Crippen molar-refractivity contribution in [2.24, 2.45) is 0 Å². The summed E-state index contributed by atoms with van der Waals surface area (Å²) in [5.74, 6) is 2.58. The van der Waals surface area contributed by atoms with Crippen LogP contribution in [0.4, 0.5) is 0 Å². The molecule has 5 heteroatoms. The molecule has 0 atom stereocenters. The van der Waals surface area contributed by atoms with Gasteiger partial charge >= 0.3 is 0 Å². The van der Waals surface area contributed by atoms with E-state index in [0.717, 1.165) is 32.7 Å². The summed E-state index contributed by atoms with van der Waals surface area (Å²) in [5, 5.41) is 3.80. The molecule has 0 aliphatic heterocycles.